The SMILES string of the molecule is O=C(NCc1ccc(Cl)cc1)[C@@H]1C[C@@H](O)CN1C(=O)Cc1ccco1. The molecule has 1 aromatic heterocycles. The number of carbonyl (C=O) groups excluding carboxylic acids is 2. The largest absolute Gasteiger partial charge is 0.469 e. The summed E-state index contributed by atoms with van der Waals surface area (Å²) in [4.78, 5) is 26.3. The van der Waals surface area contributed by atoms with E-state index in [1.54, 1.807) is 24.3 Å². The van der Waals surface area contributed by atoms with Crippen LogP contribution in [0, 0.1) is 0 Å². The van der Waals surface area contributed by atoms with Crippen LogP contribution in [0.5, 0.6) is 0 Å². The smallest absolute Gasteiger partial charge is 0.243 e. The van der Waals surface area contributed by atoms with Gasteiger partial charge in [0.25, 0.3) is 0 Å². The van der Waals surface area contributed by atoms with Crippen molar-refractivity contribution in [1.29, 1.82) is 0 Å². The van der Waals surface area contributed by atoms with Crippen molar-refractivity contribution in [3.8, 4) is 0 Å². The minimum Gasteiger partial charge on any atom is -0.469 e. The van der Waals surface area contributed by atoms with E-state index in [4.69, 9.17) is 16.0 Å². The second-order valence-corrected chi connectivity index (χ2v) is 6.49. The molecule has 25 heavy (non-hydrogen) atoms. The summed E-state index contributed by atoms with van der Waals surface area (Å²) in [6.45, 7) is 0.487. The van der Waals surface area contributed by atoms with Gasteiger partial charge in [-0.05, 0) is 29.8 Å². The van der Waals surface area contributed by atoms with Gasteiger partial charge >= 0.3 is 0 Å². The topological polar surface area (TPSA) is 82.8 Å². The van der Waals surface area contributed by atoms with Crippen molar-refractivity contribution < 1.29 is 19.1 Å². The Morgan fingerprint density at radius 1 is 1.28 bits per heavy atom. The number of furan rings is 1. The Morgan fingerprint density at radius 2 is 2.04 bits per heavy atom. The lowest BCUT2D eigenvalue weighted by Crippen LogP contribution is -2.46. The van der Waals surface area contributed by atoms with Crippen LogP contribution in [0.2, 0.25) is 5.02 Å². The maximum atomic E-state index is 12.5. The fourth-order valence-corrected chi connectivity index (χ4v) is 3.04. The first-order chi connectivity index (χ1) is 12.0. The maximum absolute atomic E-state index is 12.5. The summed E-state index contributed by atoms with van der Waals surface area (Å²) in [5, 5.41) is 13.3. The lowest BCUT2D eigenvalue weighted by molar-refractivity contribution is -0.138. The number of likely N-dealkylation sites (tertiary alicyclic amines) is 1. The summed E-state index contributed by atoms with van der Waals surface area (Å²) in [6.07, 6.45) is 1.10. The number of hydrogen-bond acceptors (Lipinski definition) is 4. The lowest BCUT2D eigenvalue weighted by Gasteiger charge is -2.23. The van der Waals surface area contributed by atoms with E-state index in [9.17, 15) is 14.7 Å². The van der Waals surface area contributed by atoms with E-state index in [0.29, 0.717) is 17.3 Å². The van der Waals surface area contributed by atoms with Gasteiger partial charge in [0.1, 0.15) is 11.8 Å². The van der Waals surface area contributed by atoms with Crippen molar-refractivity contribution in [2.75, 3.05) is 6.54 Å². The second-order valence-electron chi connectivity index (χ2n) is 6.05. The van der Waals surface area contributed by atoms with Crippen LogP contribution >= 0.6 is 11.6 Å². The van der Waals surface area contributed by atoms with Gasteiger partial charge in [0.2, 0.25) is 11.8 Å². The van der Waals surface area contributed by atoms with E-state index in [2.05, 4.69) is 5.32 Å². The first kappa shape index (κ1) is 17.5. The molecule has 1 aliphatic rings. The van der Waals surface area contributed by atoms with Crippen molar-refractivity contribution in [3.05, 3.63) is 59.0 Å². The van der Waals surface area contributed by atoms with Crippen LogP contribution in [0.15, 0.2) is 47.1 Å². The van der Waals surface area contributed by atoms with Crippen molar-refractivity contribution in [2.24, 2.45) is 0 Å². The molecule has 2 atom stereocenters. The van der Waals surface area contributed by atoms with Crippen LogP contribution in [0.4, 0.5) is 0 Å². The van der Waals surface area contributed by atoms with Gasteiger partial charge in [-0.2, -0.15) is 0 Å². The number of benzene rings is 1. The molecule has 1 aromatic carbocycles. The molecule has 0 radical (unpaired) electrons. The summed E-state index contributed by atoms with van der Waals surface area (Å²) < 4.78 is 5.18. The van der Waals surface area contributed by atoms with Gasteiger partial charge in [-0.1, -0.05) is 23.7 Å². The number of halogens is 1. The van der Waals surface area contributed by atoms with E-state index < -0.39 is 12.1 Å². The minimum atomic E-state index is -0.702. The van der Waals surface area contributed by atoms with Crippen molar-refractivity contribution >= 4 is 23.4 Å². The highest BCUT2D eigenvalue weighted by molar-refractivity contribution is 6.30. The van der Waals surface area contributed by atoms with Gasteiger partial charge in [-0.3, -0.25) is 9.59 Å². The average Bonchev–Trinajstić information content (AvgIpc) is 3.23. The summed E-state index contributed by atoms with van der Waals surface area (Å²) in [7, 11) is 0. The summed E-state index contributed by atoms with van der Waals surface area (Å²) in [6, 6.07) is 9.89. The molecule has 132 valence electrons. The number of amides is 2. The number of β-amino-alcohol motifs (C(OH)–C–C–N with tert-alkyl or cyclic N) is 1. The molecule has 2 amide bonds. The van der Waals surface area contributed by atoms with E-state index >= 15 is 0 Å². The number of carbonyl (C=O) groups is 2. The Bertz CT molecular complexity index is 730. The molecule has 0 unspecified atom stereocenters. The average molecular weight is 363 g/mol. The Balaban J connectivity index is 1.61. The highest BCUT2D eigenvalue weighted by Gasteiger charge is 2.38. The molecule has 2 N–H and O–H groups in total. The second kappa shape index (κ2) is 7.72. The van der Waals surface area contributed by atoms with E-state index in [-0.39, 0.29) is 31.2 Å². The van der Waals surface area contributed by atoms with Crippen LogP contribution < -0.4 is 5.32 Å². The number of nitrogens with zero attached hydrogens (tertiary/aromatic N) is 1. The van der Waals surface area contributed by atoms with Gasteiger partial charge in [-0.15, -0.1) is 0 Å². The number of rotatable bonds is 5. The standard InChI is InChI=1S/C18H19ClN2O4/c19-13-5-3-12(4-6-13)10-20-18(24)16-8-14(22)11-21(16)17(23)9-15-2-1-7-25-15/h1-7,14,16,22H,8-11H2,(H,20,24)/t14-,16+/m1/s1. The van der Waals surface area contributed by atoms with Crippen molar-refractivity contribution in [2.45, 2.75) is 31.5 Å². The van der Waals surface area contributed by atoms with E-state index in [0.717, 1.165) is 5.56 Å². The molecule has 2 aromatic rings. The first-order valence-electron chi connectivity index (χ1n) is 8.05. The van der Waals surface area contributed by atoms with Gasteiger partial charge in [-0.25, -0.2) is 0 Å². The number of hydrogen-bond donors (Lipinski definition) is 2. The molecule has 0 bridgehead atoms. The molecule has 1 saturated heterocycles. The van der Waals surface area contributed by atoms with Crippen molar-refractivity contribution in [3.63, 3.8) is 0 Å². The maximum Gasteiger partial charge on any atom is 0.243 e. The van der Waals surface area contributed by atoms with E-state index in [1.165, 1.54) is 11.2 Å². The summed E-state index contributed by atoms with van der Waals surface area (Å²) >= 11 is 5.84. The lowest BCUT2D eigenvalue weighted by atomic mass is 10.1. The molecule has 1 fully saturated rings. The molecular formula is C18H19ClN2O4. The van der Waals surface area contributed by atoms with Crippen molar-refractivity contribution in [1.82, 2.24) is 10.2 Å². The normalized spacial score (nSPS) is 19.8. The Kier molecular flexibility index (Phi) is 5.40. The molecule has 2 heterocycles. The van der Waals surface area contributed by atoms with Gasteiger partial charge < -0.3 is 19.7 Å². The van der Waals surface area contributed by atoms with Crippen LogP contribution in [-0.2, 0) is 22.6 Å². The summed E-state index contributed by atoms with van der Waals surface area (Å²) in [5.41, 5.74) is 0.907. The summed E-state index contributed by atoms with van der Waals surface area (Å²) in [5.74, 6) is 0.0177. The Morgan fingerprint density at radius 3 is 2.72 bits per heavy atom. The van der Waals surface area contributed by atoms with E-state index in [1.807, 2.05) is 12.1 Å². The zero-order valence-corrected chi connectivity index (χ0v) is 14.3. The number of aliphatic hydroxyl groups excluding tert-OH is 1. The van der Waals surface area contributed by atoms with Gasteiger partial charge in [0.15, 0.2) is 0 Å². The third kappa shape index (κ3) is 4.41. The highest BCUT2D eigenvalue weighted by atomic mass is 35.5. The monoisotopic (exact) mass is 362 g/mol. The fraction of sp³-hybridized carbons (Fsp3) is 0.333. The molecule has 0 saturated carbocycles. The van der Waals surface area contributed by atoms with Gasteiger partial charge in [0.05, 0.1) is 18.8 Å². The Hall–Kier alpha value is -2.31. The number of aliphatic hydroxyl groups is 1. The predicted molar refractivity (Wildman–Crippen MR) is 91.8 cm³/mol. The molecule has 0 aliphatic carbocycles. The molecule has 6 nitrogen and oxygen atoms in total. The highest BCUT2D eigenvalue weighted by Crippen LogP contribution is 2.20. The zero-order valence-electron chi connectivity index (χ0n) is 13.5. The fourth-order valence-electron chi connectivity index (χ4n) is 2.91. The number of nitrogens with one attached hydrogen (secondary N) is 1. The third-order valence-electron chi connectivity index (χ3n) is 4.19. The van der Waals surface area contributed by atoms with Gasteiger partial charge in [0, 0.05) is 24.5 Å². The molecule has 3 rings (SSSR count). The first-order valence-corrected chi connectivity index (χ1v) is 8.43. The predicted octanol–water partition coefficient (Wildman–Crippen LogP) is 1.75. The van der Waals surface area contributed by atoms with Crippen LogP contribution in [0.3, 0.4) is 0 Å². The molecule has 1 aliphatic heterocycles. The third-order valence-corrected chi connectivity index (χ3v) is 4.44. The Labute approximate surface area is 150 Å². The molecular weight excluding hydrogens is 344 g/mol. The molecule has 0 spiro atoms. The van der Waals surface area contributed by atoms with Crippen LogP contribution in [0.25, 0.3) is 0 Å². The minimum absolute atomic E-state index is 0.0701. The van der Waals surface area contributed by atoms with Crippen LogP contribution in [0.1, 0.15) is 17.7 Å². The quantitative estimate of drug-likeness (QED) is 0.849. The van der Waals surface area contributed by atoms with Crippen LogP contribution in [-0.4, -0.2) is 40.5 Å². The zero-order chi connectivity index (χ0) is 17.8. The molecule has 7 heteroatoms.